The summed E-state index contributed by atoms with van der Waals surface area (Å²) in [5.74, 6) is 1.08. The third kappa shape index (κ3) is 4.11. The molecule has 1 N–H and O–H groups in total. The molecule has 23 heavy (non-hydrogen) atoms. The van der Waals surface area contributed by atoms with E-state index in [-0.39, 0.29) is 11.7 Å². The number of piperidine rings is 2. The Hall–Kier alpha value is -1.42. The maximum absolute atomic E-state index is 13.8. The smallest absolute Gasteiger partial charge is 0.226 e. The number of halogens is 1. The lowest BCUT2D eigenvalue weighted by Crippen LogP contribution is -3.11. The summed E-state index contributed by atoms with van der Waals surface area (Å²) in [5.41, 5.74) is 0.789. The van der Waals surface area contributed by atoms with Crippen molar-refractivity contribution >= 4 is 5.91 Å². The number of hydrogen-bond donors (Lipinski definition) is 1. The maximum atomic E-state index is 13.8. The van der Waals surface area contributed by atoms with Gasteiger partial charge in [-0.2, -0.15) is 0 Å². The average Bonchev–Trinajstić information content (AvgIpc) is 2.57. The minimum absolute atomic E-state index is 0.111. The lowest BCUT2D eigenvalue weighted by atomic mass is 9.92. The van der Waals surface area contributed by atoms with E-state index in [1.54, 1.807) is 6.07 Å². The zero-order chi connectivity index (χ0) is 16.2. The number of quaternary nitrogens is 1. The molecule has 2 saturated heterocycles. The van der Waals surface area contributed by atoms with Crippen molar-refractivity contribution in [3.8, 4) is 0 Å². The fourth-order valence-electron chi connectivity index (χ4n) is 4.01. The molecular formula is C19H28FN2O+. The molecule has 1 amide bonds. The van der Waals surface area contributed by atoms with Crippen molar-refractivity contribution in [2.24, 2.45) is 11.8 Å². The summed E-state index contributed by atoms with van der Waals surface area (Å²) >= 11 is 0. The van der Waals surface area contributed by atoms with Gasteiger partial charge in [-0.25, -0.2) is 4.39 Å². The SMILES string of the molecule is C[C@H]1CCCN(C(=O)C2CC[NH+](Cc3ccccc3F)CC2)C1. The number of benzene rings is 1. The van der Waals surface area contributed by atoms with Gasteiger partial charge in [0.05, 0.1) is 13.1 Å². The van der Waals surface area contributed by atoms with Crippen molar-refractivity contribution in [3.05, 3.63) is 35.6 Å². The summed E-state index contributed by atoms with van der Waals surface area (Å²) in [6.45, 7) is 6.77. The van der Waals surface area contributed by atoms with Gasteiger partial charge < -0.3 is 9.80 Å². The van der Waals surface area contributed by atoms with Crippen LogP contribution in [0.5, 0.6) is 0 Å². The van der Waals surface area contributed by atoms with E-state index in [0.717, 1.165) is 57.5 Å². The second kappa shape index (κ2) is 7.43. The summed E-state index contributed by atoms with van der Waals surface area (Å²) in [5, 5.41) is 0. The van der Waals surface area contributed by atoms with Gasteiger partial charge in [-0.05, 0) is 24.8 Å². The van der Waals surface area contributed by atoms with Crippen LogP contribution in [0.4, 0.5) is 4.39 Å². The van der Waals surface area contributed by atoms with Gasteiger partial charge in [0.25, 0.3) is 0 Å². The number of hydrogen-bond acceptors (Lipinski definition) is 1. The molecule has 0 unspecified atom stereocenters. The summed E-state index contributed by atoms with van der Waals surface area (Å²) in [6.07, 6.45) is 4.26. The molecular weight excluding hydrogens is 291 g/mol. The number of carbonyl (C=O) groups is 1. The molecule has 0 aromatic heterocycles. The zero-order valence-corrected chi connectivity index (χ0v) is 14.1. The van der Waals surface area contributed by atoms with Crippen LogP contribution in [0.1, 0.15) is 38.2 Å². The molecule has 126 valence electrons. The minimum Gasteiger partial charge on any atom is -0.342 e. The summed E-state index contributed by atoms with van der Waals surface area (Å²) in [7, 11) is 0. The number of carbonyl (C=O) groups excluding carboxylic acids is 1. The van der Waals surface area contributed by atoms with Crippen LogP contribution < -0.4 is 4.90 Å². The Morgan fingerprint density at radius 3 is 2.70 bits per heavy atom. The van der Waals surface area contributed by atoms with Crippen LogP contribution in [0.2, 0.25) is 0 Å². The standard InChI is InChI=1S/C19H27FN2O/c1-15-5-4-10-22(13-15)19(23)16-8-11-21(12-9-16)14-17-6-2-3-7-18(17)20/h2-3,6-7,15-16H,4-5,8-14H2,1H3/p+1/t15-/m0/s1. The van der Waals surface area contributed by atoms with Gasteiger partial charge in [0.15, 0.2) is 0 Å². The Balaban J connectivity index is 1.50. The van der Waals surface area contributed by atoms with E-state index in [0.29, 0.717) is 11.8 Å². The van der Waals surface area contributed by atoms with Crippen LogP contribution in [0.3, 0.4) is 0 Å². The van der Waals surface area contributed by atoms with Gasteiger partial charge in [-0.3, -0.25) is 4.79 Å². The minimum atomic E-state index is -0.111. The number of likely N-dealkylation sites (tertiary alicyclic amines) is 2. The molecule has 2 heterocycles. The predicted molar refractivity (Wildman–Crippen MR) is 88.5 cm³/mol. The monoisotopic (exact) mass is 319 g/mol. The van der Waals surface area contributed by atoms with Gasteiger partial charge in [-0.1, -0.05) is 25.1 Å². The van der Waals surface area contributed by atoms with Crippen molar-refractivity contribution in [3.63, 3.8) is 0 Å². The lowest BCUT2D eigenvalue weighted by molar-refractivity contribution is -0.919. The highest BCUT2D eigenvalue weighted by atomic mass is 19.1. The Morgan fingerprint density at radius 1 is 1.26 bits per heavy atom. The Bertz CT molecular complexity index is 540. The van der Waals surface area contributed by atoms with Gasteiger partial charge in [0.2, 0.25) is 5.91 Å². The first-order valence-electron chi connectivity index (χ1n) is 8.99. The number of nitrogens with one attached hydrogen (secondary N) is 1. The topological polar surface area (TPSA) is 24.8 Å². The van der Waals surface area contributed by atoms with Crippen molar-refractivity contribution in [1.29, 1.82) is 0 Å². The summed E-state index contributed by atoms with van der Waals surface area (Å²) in [6, 6.07) is 7.03. The number of amides is 1. The lowest BCUT2D eigenvalue weighted by Gasteiger charge is -2.36. The second-order valence-electron chi connectivity index (χ2n) is 7.32. The maximum Gasteiger partial charge on any atom is 0.226 e. The van der Waals surface area contributed by atoms with E-state index in [1.165, 1.54) is 17.4 Å². The largest absolute Gasteiger partial charge is 0.342 e. The molecule has 3 nitrogen and oxygen atoms in total. The van der Waals surface area contributed by atoms with Crippen LogP contribution in [-0.4, -0.2) is 37.0 Å². The van der Waals surface area contributed by atoms with E-state index >= 15 is 0 Å². The molecule has 0 radical (unpaired) electrons. The molecule has 2 fully saturated rings. The van der Waals surface area contributed by atoms with Crippen molar-refractivity contribution in [2.75, 3.05) is 26.2 Å². The molecule has 3 rings (SSSR count). The number of rotatable bonds is 3. The quantitative estimate of drug-likeness (QED) is 0.904. The first-order chi connectivity index (χ1) is 11.1. The Morgan fingerprint density at radius 2 is 2.00 bits per heavy atom. The molecule has 0 aliphatic carbocycles. The molecule has 4 heteroatoms. The molecule has 0 bridgehead atoms. The van der Waals surface area contributed by atoms with Gasteiger partial charge in [0, 0.05) is 37.4 Å². The van der Waals surface area contributed by atoms with E-state index in [9.17, 15) is 9.18 Å². The fourth-order valence-corrected chi connectivity index (χ4v) is 4.01. The zero-order valence-electron chi connectivity index (χ0n) is 14.1. The van der Waals surface area contributed by atoms with Crippen LogP contribution in [-0.2, 0) is 11.3 Å². The molecule has 1 aromatic carbocycles. The van der Waals surface area contributed by atoms with Crippen LogP contribution in [0.15, 0.2) is 24.3 Å². The van der Waals surface area contributed by atoms with Crippen LogP contribution in [0.25, 0.3) is 0 Å². The molecule has 1 atom stereocenters. The highest BCUT2D eigenvalue weighted by Crippen LogP contribution is 2.20. The van der Waals surface area contributed by atoms with E-state index in [2.05, 4.69) is 11.8 Å². The van der Waals surface area contributed by atoms with E-state index in [1.807, 2.05) is 12.1 Å². The first-order valence-corrected chi connectivity index (χ1v) is 8.99. The third-order valence-electron chi connectivity index (χ3n) is 5.41. The fraction of sp³-hybridized carbons (Fsp3) is 0.632. The van der Waals surface area contributed by atoms with Crippen molar-refractivity contribution in [2.45, 2.75) is 39.2 Å². The van der Waals surface area contributed by atoms with Gasteiger partial charge in [-0.15, -0.1) is 0 Å². The predicted octanol–water partition coefficient (Wildman–Crippen LogP) is 1.88. The van der Waals surface area contributed by atoms with Crippen LogP contribution >= 0.6 is 0 Å². The summed E-state index contributed by atoms with van der Waals surface area (Å²) in [4.78, 5) is 16.2. The molecule has 1 aromatic rings. The highest BCUT2D eigenvalue weighted by Gasteiger charge is 2.32. The third-order valence-corrected chi connectivity index (χ3v) is 5.41. The Labute approximate surface area is 138 Å². The van der Waals surface area contributed by atoms with Gasteiger partial charge >= 0.3 is 0 Å². The molecule has 2 aliphatic heterocycles. The second-order valence-corrected chi connectivity index (χ2v) is 7.32. The molecule has 0 spiro atoms. The first kappa shape index (κ1) is 16.4. The van der Waals surface area contributed by atoms with Gasteiger partial charge in [0.1, 0.15) is 12.4 Å². The van der Waals surface area contributed by atoms with Crippen molar-refractivity contribution < 1.29 is 14.1 Å². The Kier molecular flexibility index (Phi) is 5.31. The van der Waals surface area contributed by atoms with Crippen LogP contribution in [0, 0.1) is 17.7 Å². The number of nitrogens with zero attached hydrogens (tertiary/aromatic N) is 1. The molecule has 0 saturated carbocycles. The van der Waals surface area contributed by atoms with Crippen molar-refractivity contribution in [1.82, 2.24) is 4.90 Å². The van der Waals surface area contributed by atoms with E-state index < -0.39 is 0 Å². The average molecular weight is 319 g/mol. The normalized spacial score (nSPS) is 28.6. The van der Waals surface area contributed by atoms with E-state index in [4.69, 9.17) is 0 Å². The highest BCUT2D eigenvalue weighted by molar-refractivity contribution is 5.79. The molecule has 2 aliphatic rings. The summed E-state index contributed by atoms with van der Waals surface area (Å²) < 4.78 is 13.8.